The second-order valence-electron chi connectivity index (χ2n) is 6.89. The number of anilines is 1. The normalized spacial score (nSPS) is 17.9. The van der Waals surface area contributed by atoms with Gasteiger partial charge in [0.1, 0.15) is 0 Å². The lowest BCUT2D eigenvalue weighted by molar-refractivity contribution is -0.117. The van der Waals surface area contributed by atoms with E-state index in [0.717, 1.165) is 37.4 Å². The zero-order valence-corrected chi connectivity index (χ0v) is 13.6. The van der Waals surface area contributed by atoms with Gasteiger partial charge in [-0.15, -0.1) is 0 Å². The van der Waals surface area contributed by atoms with E-state index >= 15 is 0 Å². The summed E-state index contributed by atoms with van der Waals surface area (Å²) in [7, 11) is 0. The molecule has 2 N–H and O–H groups in total. The molecule has 0 heterocycles. The third-order valence-corrected chi connectivity index (χ3v) is 4.91. The first-order chi connectivity index (χ1) is 11.2. The maximum atomic E-state index is 12.1. The third-order valence-electron chi connectivity index (χ3n) is 4.91. The topological polar surface area (TPSA) is 58.2 Å². The fraction of sp³-hybridized carbons (Fsp3) is 0.579. The van der Waals surface area contributed by atoms with Crippen molar-refractivity contribution in [2.75, 3.05) is 11.9 Å². The van der Waals surface area contributed by atoms with Crippen molar-refractivity contribution in [3.05, 3.63) is 29.8 Å². The highest BCUT2D eigenvalue weighted by Gasteiger charge is 2.29. The summed E-state index contributed by atoms with van der Waals surface area (Å²) in [6, 6.07) is 7.14. The molecule has 2 amide bonds. The Balaban J connectivity index is 1.39. The van der Waals surface area contributed by atoms with Crippen LogP contribution in [0.5, 0.6) is 0 Å². The fourth-order valence-corrected chi connectivity index (χ4v) is 3.29. The van der Waals surface area contributed by atoms with Crippen LogP contribution in [0.15, 0.2) is 24.3 Å². The predicted molar refractivity (Wildman–Crippen MR) is 91.3 cm³/mol. The molecule has 0 spiro atoms. The summed E-state index contributed by atoms with van der Waals surface area (Å²) in [4.78, 5) is 23.8. The summed E-state index contributed by atoms with van der Waals surface area (Å²) in [6.45, 7) is 0.746. The molecule has 23 heavy (non-hydrogen) atoms. The van der Waals surface area contributed by atoms with Gasteiger partial charge in [0.25, 0.3) is 5.91 Å². The van der Waals surface area contributed by atoms with Crippen LogP contribution < -0.4 is 10.6 Å². The van der Waals surface area contributed by atoms with E-state index in [-0.39, 0.29) is 17.7 Å². The molecule has 2 aliphatic carbocycles. The summed E-state index contributed by atoms with van der Waals surface area (Å²) in [5, 5.41) is 5.87. The van der Waals surface area contributed by atoms with E-state index in [1.165, 1.54) is 32.1 Å². The SMILES string of the molecule is O=C(NCCCC1CCCC1)c1ccc(NC(=O)C2CC2)cc1. The molecule has 3 rings (SSSR count). The molecule has 1 aromatic rings. The molecule has 1 aromatic carbocycles. The summed E-state index contributed by atoms with van der Waals surface area (Å²) in [5.41, 5.74) is 1.41. The quantitative estimate of drug-likeness (QED) is 0.753. The number of nitrogens with one attached hydrogen (secondary N) is 2. The molecule has 0 radical (unpaired) electrons. The molecule has 0 atom stereocenters. The first-order valence-electron chi connectivity index (χ1n) is 8.91. The van der Waals surface area contributed by atoms with E-state index in [2.05, 4.69) is 10.6 Å². The number of rotatable bonds is 7. The maximum absolute atomic E-state index is 12.1. The number of hydrogen-bond acceptors (Lipinski definition) is 2. The van der Waals surface area contributed by atoms with Gasteiger partial charge in [-0.1, -0.05) is 25.7 Å². The molecule has 2 saturated carbocycles. The predicted octanol–water partition coefficient (Wildman–Crippen LogP) is 3.74. The van der Waals surface area contributed by atoms with E-state index in [0.29, 0.717) is 5.56 Å². The molecule has 124 valence electrons. The van der Waals surface area contributed by atoms with Gasteiger partial charge >= 0.3 is 0 Å². The Kier molecular flexibility index (Phi) is 5.31. The van der Waals surface area contributed by atoms with Gasteiger partial charge < -0.3 is 10.6 Å². The van der Waals surface area contributed by atoms with Crippen LogP contribution in [-0.2, 0) is 4.79 Å². The Morgan fingerprint density at radius 2 is 1.70 bits per heavy atom. The maximum Gasteiger partial charge on any atom is 0.251 e. The summed E-state index contributed by atoms with van der Waals surface area (Å²) >= 11 is 0. The van der Waals surface area contributed by atoms with Gasteiger partial charge in [-0.25, -0.2) is 0 Å². The largest absolute Gasteiger partial charge is 0.352 e. The van der Waals surface area contributed by atoms with Crippen molar-refractivity contribution >= 4 is 17.5 Å². The number of carbonyl (C=O) groups excluding carboxylic acids is 2. The summed E-state index contributed by atoms with van der Waals surface area (Å²) < 4.78 is 0. The van der Waals surface area contributed by atoms with Crippen molar-refractivity contribution in [1.82, 2.24) is 5.32 Å². The average Bonchev–Trinajstić information content (AvgIpc) is 3.29. The van der Waals surface area contributed by atoms with E-state index in [1.54, 1.807) is 24.3 Å². The number of benzene rings is 1. The highest BCUT2D eigenvalue weighted by Crippen LogP contribution is 2.30. The van der Waals surface area contributed by atoms with Gasteiger partial charge in [-0.3, -0.25) is 9.59 Å². The number of hydrogen-bond donors (Lipinski definition) is 2. The van der Waals surface area contributed by atoms with Crippen molar-refractivity contribution in [3.8, 4) is 0 Å². The van der Waals surface area contributed by atoms with Crippen LogP contribution in [0.3, 0.4) is 0 Å². The van der Waals surface area contributed by atoms with Crippen molar-refractivity contribution in [1.29, 1.82) is 0 Å². The lowest BCUT2D eigenvalue weighted by atomic mass is 10.0. The van der Waals surface area contributed by atoms with Crippen LogP contribution >= 0.6 is 0 Å². The van der Waals surface area contributed by atoms with Crippen molar-refractivity contribution in [3.63, 3.8) is 0 Å². The Hall–Kier alpha value is -1.84. The van der Waals surface area contributed by atoms with E-state index in [4.69, 9.17) is 0 Å². The van der Waals surface area contributed by atoms with Gasteiger partial charge in [0.15, 0.2) is 0 Å². The lowest BCUT2D eigenvalue weighted by Gasteiger charge is -2.10. The zero-order chi connectivity index (χ0) is 16.1. The van der Waals surface area contributed by atoms with E-state index in [9.17, 15) is 9.59 Å². The highest BCUT2D eigenvalue weighted by atomic mass is 16.2. The molecule has 0 saturated heterocycles. The molecule has 0 bridgehead atoms. The second-order valence-corrected chi connectivity index (χ2v) is 6.89. The lowest BCUT2D eigenvalue weighted by Crippen LogP contribution is -2.24. The van der Waals surface area contributed by atoms with E-state index < -0.39 is 0 Å². The molecule has 2 fully saturated rings. The smallest absolute Gasteiger partial charge is 0.251 e. The Morgan fingerprint density at radius 3 is 2.35 bits per heavy atom. The molecule has 0 unspecified atom stereocenters. The van der Waals surface area contributed by atoms with Crippen LogP contribution in [-0.4, -0.2) is 18.4 Å². The Bertz CT molecular complexity index is 543. The molecule has 0 aromatic heterocycles. The standard InChI is InChI=1S/C19H26N2O2/c22-18(20-13-3-6-14-4-1-2-5-14)15-9-11-17(12-10-15)21-19(23)16-7-8-16/h9-12,14,16H,1-8,13H2,(H,20,22)(H,21,23). The summed E-state index contributed by atoms with van der Waals surface area (Å²) in [5.74, 6) is 1.13. The minimum atomic E-state index is -0.0310. The van der Waals surface area contributed by atoms with Crippen LogP contribution in [0.1, 0.15) is 61.7 Å². The molecule has 4 heteroatoms. The minimum absolute atomic E-state index is 0.0310. The second kappa shape index (κ2) is 7.62. The van der Waals surface area contributed by atoms with Gasteiger partial charge in [0, 0.05) is 23.7 Å². The molecule has 4 nitrogen and oxygen atoms in total. The third kappa shape index (κ3) is 4.81. The number of amides is 2. The van der Waals surface area contributed by atoms with Crippen LogP contribution in [0, 0.1) is 11.8 Å². The highest BCUT2D eigenvalue weighted by molar-refractivity contribution is 5.96. The fourth-order valence-electron chi connectivity index (χ4n) is 3.29. The van der Waals surface area contributed by atoms with Crippen molar-refractivity contribution in [2.24, 2.45) is 11.8 Å². The van der Waals surface area contributed by atoms with E-state index in [1.807, 2.05) is 0 Å². The first kappa shape index (κ1) is 16.0. The molecular weight excluding hydrogens is 288 g/mol. The average molecular weight is 314 g/mol. The zero-order valence-electron chi connectivity index (χ0n) is 13.6. The molecular formula is C19H26N2O2. The van der Waals surface area contributed by atoms with Crippen molar-refractivity contribution < 1.29 is 9.59 Å². The van der Waals surface area contributed by atoms with Crippen LogP contribution in [0.4, 0.5) is 5.69 Å². The summed E-state index contributed by atoms with van der Waals surface area (Å²) in [6.07, 6.45) is 9.75. The van der Waals surface area contributed by atoms with Gasteiger partial charge in [0.05, 0.1) is 0 Å². The molecule has 0 aliphatic heterocycles. The Morgan fingerprint density at radius 1 is 1.00 bits per heavy atom. The van der Waals surface area contributed by atoms with Gasteiger partial charge in [-0.05, 0) is 55.9 Å². The number of carbonyl (C=O) groups is 2. The van der Waals surface area contributed by atoms with Crippen LogP contribution in [0.2, 0.25) is 0 Å². The minimum Gasteiger partial charge on any atom is -0.352 e. The van der Waals surface area contributed by atoms with Gasteiger partial charge in [0.2, 0.25) is 5.91 Å². The van der Waals surface area contributed by atoms with Gasteiger partial charge in [-0.2, -0.15) is 0 Å². The molecule has 2 aliphatic rings. The van der Waals surface area contributed by atoms with Crippen LogP contribution in [0.25, 0.3) is 0 Å². The monoisotopic (exact) mass is 314 g/mol. The Labute approximate surface area is 138 Å². The van der Waals surface area contributed by atoms with Crippen molar-refractivity contribution in [2.45, 2.75) is 51.4 Å². The first-order valence-corrected chi connectivity index (χ1v) is 8.91.